The molecule has 0 aliphatic carbocycles. The van der Waals surface area contributed by atoms with Crippen molar-refractivity contribution in [3.8, 4) is 0 Å². The van der Waals surface area contributed by atoms with E-state index >= 15 is 0 Å². The van der Waals surface area contributed by atoms with Gasteiger partial charge in [0, 0.05) is 53.1 Å². The Bertz CT molecular complexity index is 818. The van der Waals surface area contributed by atoms with Crippen LogP contribution in [0.15, 0.2) is 58.5 Å². The molecule has 3 aromatic rings. The van der Waals surface area contributed by atoms with Gasteiger partial charge in [0.15, 0.2) is 0 Å². The first kappa shape index (κ1) is 14.7. The fourth-order valence-corrected chi connectivity index (χ4v) is 4.22. The van der Waals surface area contributed by atoms with Gasteiger partial charge in [0.2, 0.25) is 0 Å². The number of H-pyrrole nitrogens is 1. The van der Waals surface area contributed by atoms with Crippen LogP contribution in [0.5, 0.6) is 0 Å². The molecule has 4 rings (SSSR count). The van der Waals surface area contributed by atoms with Crippen LogP contribution in [0.4, 0.5) is 5.69 Å². The molecule has 1 aliphatic rings. The number of piperazine rings is 1. The van der Waals surface area contributed by atoms with Gasteiger partial charge in [-0.25, -0.2) is 0 Å². The minimum atomic E-state index is 1.06. The van der Waals surface area contributed by atoms with E-state index in [9.17, 15) is 0 Å². The summed E-state index contributed by atoms with van der Waals surface area (Å²) in [5, 5.41) is 4.73. The topological polar surface area (TPSA) is 31.1 Å². The van der Waals surface area contributed by atoms with E-state index in [0.717, 1.165) is 26.2 Å². The smallest absolute Gasteiger partial charge is 0.0508 e. The van der Waals surface area contributed by atoms with Crippen molar-refractivity contribution < 1.29 is 0 Å². The zero-order valence-electron chi connectivity index (χ0n) is 13.3. The van der Waals surface area contributed by atoms with Crippen molar-refractivity contribution in [1.82, 2.24) is 10.3 Å². The molecule has 0 radical (unpaired) electrons. The largest absolute Gasteiger partial charge is 0.368 e. The lowest BCUT2D eigenvalue weighted by Gasteiger charge is -2.30. The van der Waals surface area contributed by atoms with Crippen molar-refractivity contribution in [2.75, 3.05) is 31.1 Å². The molecule has 0 spiro atoms. The molecule has 1 aliphatic heterocycles. The van der Waals surface area contributed by atoms with E-state index in [4.69, 9.17) is 0 Å². The third-order valence-corrected chi connectivity index (χ3v) is 5.46. The summed E-state index contributed by atoms with van der Waals surface area (Å²) in [7, 11) is 0. The van der Waals surface area contributed by atoms with Crippen molar-refractivity contribution in [1.29, 1.82) is 0 Å². The second-order valence-electron chi connectivity index (χ2n) is 6.01. The minimum Gasteiger partial charge on any atom is -0.368 e. The zero-order valence-corrected chi connectivity index (χ0v) is 14.1. The molecule has 4 heteroatoms. The summed E-state index contributed by atoms with van der Waals surface area (Å²) in [5.74, 6) is 0. The number of aryl methyl sites for hydroxylation is 1. The first-order chi connectivity index (χ1) is 11.3. The average molecular weight is 323 g/mol. The molecule has 23 heavy (non-hydrogen) atoms. The average Bonchev–Trinajstić information content (AvgIpc) is 2.98. The molecule has 0 unspecified atom stereocenters. The highest BCUT2D eigenvalue weighted by molar-refractivity contribution is 7.99. The van der Waals surface area contributed by atoms with E-state index in [1.165, 1.54) is 31.9 Å². The third-order valence-electron chi connectivity index (χ3n) is 4.34. The molecule has 0 amide bonds. The summed E-state index contributed by atoms with van der Waals surface area (Å²) in [6.07, 6.45) is 2.13. The van der Waals surface area contributed by atoms with E-state index in [0.29, 0.717) is 0 Å². The number of fused-ring (bicyclic) bond motifs is 1. The highest BCUT2D eigenvalue weighted by atomic mass is 32.2. The number of hydrogen-bond acceptors (Lipinski definition) is 3. The second kappa shape index (κ2) is 6.30. The Morgan fingerprint density at radius 2 is 1.83 bits per heavy atom. The van der Waals surface area contributed by atoms with Gasteiger partial charge in [-0.3, -0.25) is 0 Å². The standard InChI is InChI=1S/C19H21N3S/c1-14-6-7-15-16(12-14)21-13-19(15)23-18-5-3-2-4-17(18)22-10-8-20-9-11-22/h2-7,12-13,20-21H,8-11H2,1H3. The summed E-state index contributed by atoms with van der Waals surface area (Å²) in [6.45, 7) is 6.40. The van der Waals surface area contributed by atoms with Gasteiger partial charge in [-0.1, -0.05) is 36.0 Å². The Balaban J connectivity index is 1.68. The lowest BCUT2D eigenvalue weighted by Crippen LogP contribution is -2.43. The lowest BCUT2D eigenvalue weighted by atomic mass is 10.2. The molecule has 3 nitrogen and oxygen atoms in total. The molecule has 1 aromatic heterocycles. The van der Waals surface area contributed by atoms with Gasteiger partial charge in [0.05, 0.1) is 5.69 Å². The number of benzene rings is 2. The van der Waals surface area contributed by atoms with Crippen LogP contribution in [-0.2, 0) is 0 Å². The molecule has 0 saturated carbocycles. The minimum absolute atomic E-state index is 1.06. The zero-order chi connectivity index (χ0) is 15.6. The first-order valence-electron chi connectivity index (χ1n) is 8.11. The number of aromatic nitrogens is 1. The number of hydrogen-bond donors (Lipinski definition) is 2. The monoisotopic (exact) mass is 323 g/mol. The van der Waals surface area contributed by atoms with Gasteiger partial charge in [-0.2, -0.15) is 0 Å². The summed E-state index contributed by atoms with van der Waals surface area (Å²) in [6, 6.07) is 15.4. The Hall–Kier alpha value is -1.91. The van der Waals surface area contributed by atoms with Crippen LogP contribution in [0.25, 0.3) is 10.9 Å². The molecule has 0 atom stereocenters. The predicted molar refractivity (Wildman–Crippen MR) is 98.7 cm³/mol. The van der Waals surface area contributed by atoms with Crippen LogP contribution in [0, 0.1) is 6.92 Å². The predicted octanol–water partition coefficient (Wildman–Crippen LogP) is 4.04. The molecule has 1 fully saturated rings. The van der Waals surface area contributed by atoms with Crippen molar-refractivity contribution in [2.45, 2.75) is 16.7 Å². The number of para-hydroxylation sites is 1. The lowest BCUT2D eigenvalue weighted by molar-refractivity contribution is 0.587. The van der Waals surface area contributed by atoms with Gasteiger partial charge in [-0.15, -0.1) is 0 Å². The maximum absolute atomic E-state index is 3.43. The molecule has 0 bridgehead atoms. The Labute approximate surface area is 141 Å². The molecule has 1 saturated heterocycles. The molecule has 2 heterocycles. The Morgan fingerprint density at radius 3 is 2.70 bits per heavy atom. The SMILES string of the molecule is Cc1ccc2c(Sc3ccccc3N3CCNCC3)c[nH]c2c1. The molecule has 118 valence electrons. The second-order valence-corrected chi connectivity index (χ2v) is 7.09. The summed E-state index contributed by atoms with van der Waals surface area (Å²) in [4.78, 5) is 8.51. The molecular formula is C19H21N3S. The maximum Gasteiger partial charge on any atom is 0.0508 e. The normalized spacial score (nSPS) is 15.3. The summed E-state index contributed by atoms with van der Waals surface area (Å²) < 4.78 is 0. The van der Waals surface area contributed by atoms with Crippen LogP contribution in [0.1, 0.15) is 5.56 Å². The number of anilines is 1. The maximum atomic E-state index is 3.43. The van der Waals surface area contributed by atoms with E-state index < -0.39 is 0 Å². The Kier molecular flexibility index (Phi) is 4.02. The Morgan fingerprint density at radius 1 is 1.00 bits per heavy atom. The summed E-state index contributed by atoms with van der Waals surface area (Å²) >= 11 is 1.86. The van der Waals surface area contributed by atoms with Crippen LogP contribution >= 0.6 is 11.8 Å². The van der Waals surface area contributed by atoms with Crippen LogP contribution in [0.2, 0.25) is 0 Å². The van der Waals surface area contributed by atoms with Crippen molar-refractivity contribution in [3.05, 3.63) is 54.2 Å². The van der Waals surface area contributed by atoms with Crippen molar-refractivity contribution >= 4 is 28.4 Å². The number of nitrogens with one attached hydrogen (secondary N) is 2. The van der Waals surface area contributed by atoms with E-state index in [1.807, 2.05) is 11.8 Å². The van der Waals surface area contributed by atoms with Gasteiger partial charge in [0.1, 0.15) is 0 Å². The van der Waals surface area contributed by atoms with E-state index in [2.05, 4.69) is 70.8 Å². The summed E-state index contributed by atoms with van der Waals surface area (Å²) in [5.41, 5.74) is 3.85. The van der Waals surface area contributed by atoms with Gasteiger partial charge < -0.3 is 15.2 Å². The number of nitrogens with zero attached hydrogens (tertiary/aromatic N) is 1. The van der Waals surface area contributed by atoms with E-state index in [-0.39, 0.29) is 0 Å². The highest BCUT2D eigenvalue weighted by Gasteiger charge is 2.15. The first-order valence-corrected chi connectivity index (χ1v) is 8.93. The fraction of sp³-hybridized carbons (Fsp3) is 0.263. The number of rotatable bonds is 3. The van der Waals surface area contributed by atoms with Crippen LogP contribution in [0.3, 0.4) is 0 Å². The molecule has 2 N–H and O–H groups in total. The number of aromatic amines is 1. The van der Waals surface area contributed by atoms with Crippen LogP contribution in [-0.4, -0.2) is 31.2 Å². The van der Waals surface area contributed by atoms with Crippen molar-refractivity contribution in [2.24, 2.45) is 0 Å². The quantitative estimate of drug-likeness (QED) is 0.763. The fourth-order valence-electron chi connectivity index (χ4n) is 3.13. The third kappa shape index (κ3) is 2.96. The highest BCUT2D eigenvalue weighted by Crippen LogP contribution is 2.38. The van der Waals surface area contributed by atoms with Gasteiger partial charge in [0.25, 0.3) is 0 Å². The van der Waals surface area contributed by atoms with Crippen LogP contribution < -0.4 is 10.2 Å². The van der Waals surface area contributed by atoms with E-state index in [1.54, 1.807) is 0 Å². The molecule has 2 aromatic carbocycles. The van der Waals surface area contributed by atoms with Gasteiger partial charge in [-0.05, 0) is 30.7 Å². The van der Waals surface area contributed by atoms with Gasteiger partial charge >= 0.3 is 0 Å². The molecular weight excluding hydrogens is 302 g/mol. The van der Waals surface area contributed by atoms with Crippen molar-refractivity contribution in [3.63, 3.8) is 0 Å².